The average molecular weight is 391 g/mol. The smallest absolute Gasteiger partial charge is 0.276 e. The molecule has 2 aromatic rings. The standard InChI is InChI=1S/C20H23F2N3O3/c1-11-10-28-24-18(11)20(27)25(3)17(13-4-5-13)9-23-19(26)12(2)15-7-6-14(21)8-16(15)22/h6-8,10,12-13,17H,4-5,9H2,1-3H3,(H,23,26). The van der Waals surface area contributed by atoms with Crippen molar-refractivity contribution >= 4 is 11.8 Å². The van der Waals surface area contributed by atoms with E-state index in [1.54, 1.807) is 25.8 Å². The van der Waals surface area contributed by atoms with E-state index in [4.69, 9.17) is 4.52 Å². The van der Waals surface area contributed by atoms with Gasteiger partial charge in [-0.2, -0.15) is 0 Å². The number of hydrogen-bond acceptors (Lipinski definition) is 4. The molecule has 28 heavy (non-hydrogen) atoms. The Labute approximate surface area is 161 Å². The fraction of sp³-hybridized carbons (Fsp3) is 0.450. The second-order valence-electron chi connectivity index (χ2n) is 7.30. The van der Waals surface area contributed by atoms with Crippen molar-refractivity contribution in [2.24, 2.45) is 5.92 Å². The van der Waals surface area contributed by atoms with Crippen LogP contribution in [0.4, 0.5) is 8.78 Å². The van der Waals surface area contributed by atoms with Crippen molar-refractivity contribution in [2.75, 3.05) is 13.6 Å². The highest BCUT2D eigenvalue weighted by Crippen LogP contribution is 2.35. The second kappa shape index (κ2) is 8.08. The third-order valence-corrected chi connectivity index (χ3v) is 5.24. The summed E-state index contributed by atoms with van der Waals surface area (Å²) in [5, 5.41) is 6.56. The van der Waals surface area contributed by atoms with Gasteiger partial charge in [0.1, 0.15) is 17.9 Å². The Morgan fingerprint density at radius 3 is 2.64 bits per heavy atom. The number of nitrogens with one attached hydrogen (secondary N) is 1. The molecule has 0 aliphatic heterocycles. The average Bonchev–Trinajstić information content (AvgIpc) is 3.40. The Morgan fingerprint density at radius 2 is 2.07 bits per heavy atom. The molecule has 2 atom stereocenters. The molecule has 1 heterocycles. The van der Waals surface area contributed by atoms with E-state index in [9.17, 15) is 18.4 Å². The maximum Gasteiger partial charge on any atom is 0.276 e. The number of aryl methyl sites for hydroxylation is 1. The zero-order valence-corrected chi connectivity index (χ0v) is 16.0. The number of halogens is 2. The molecule has 1 aromatic carbocycles. The van der Waals surface area contributed by atoms with Crippen LogP contribution in [0, 0.1) is 24.5 Å². The van der Waals surface area contributed by atoms with Crippen LogP contribution in [0.1, 0.15) is 47.3 Å². The lowest BCUT2D eigenvalue weighted by molar-refractivity contribution is -0.122. The number of likely N-dealkylation sites (N-methyl/N-ethyl adjacent to an activating group) is 1. The summed E-state index contributed by atoms with van der Waals surface area (Å²) in [5.74, 6) is -2.58. The van der Waals surface area contributed by atoms with E-state index in [1.165, 1.54) is 12.3 Å². The zero-order valence-electron chi connectivity index (χ0n) is 16.0. The largest absolute Gasteiger partial charge is 0.364 e. The van der Waals surface area contributed by atoms with Gasteiger partial charge in [0.2, 0.25) is 5.91 Å². The molecule has 0 bridgehead atoms. The fourth-order valence-corrected chi connectivity index (χ4v) is 3.26. The first-order valence-corrected chi connectivity index (χ1v) is 9.20. The molecular formula is C20H23F2N3O3. The number of nitrogens with zero attached hydrogens (tertiary/aromatic N) is 2. The van der Waals surface area contributed by atoms with Crippen LogP contribution >= 0.6 is 0 Å². The Hall–Kier alpha value is -2.77. The normalized spacial score (nSPS) is 15.8. The molecule has 1 aliphatic carbocycles. The molecule has 1 N–H and O–H groups in total. The Balaban J connectivity index is 1.65. The highest BCUT2D eigenvalue weighted by atomic mass is 19.1. The molecule has 0 spiro atoms. The molecule has 1 aromatic heterocycles. The monoisotopic (exact) mass is 391 g/mol. The summed E-state index contributed by atoms with van der Waals surface area (Å²) in [6.45, 7) is 3.55. The van der Waals surface area contributed by atoms with Crippen molar-refractivity contribution in [1.82, 2.24) is 15.4 Å². The Bertz CT molecular complexity index is 879. The fourth-order valence-electron chi connectivity index (χ4n) is 3.26. The number of amides is 2. The lowest BCUT2D eigenvalue weighted by Crippen LogP contribution is -2.47. The van der Waals surface area contributed by atoms with Crippen molar-refractivity contribution in [3.05, 3.63) is 52.9 Å². The zero-order chi connectivity index (χ0) is 20.4. The van der Waals surface area contributed by atoms with Crippen LogP contribution in [-0.4, -0.2) is 41.5 Å². The highest BCUT2D eigenvalue weighted by molar-refractivity contribution is 5.93. The summed E-state index contributed by atoms with van der Waals surface area (Å²) in [7, 11) is 1.68. The van der Waals surface area contributed by atoms with Crippen molar-refractivity contribution in [1.29, 1.82) is 0 Å². The summed E-state index contributed by atoms with van der Waals surface area (Å²) in [6, 6.07) is 2.97. The molecule has 8 heteroatoms. The van der Waals surface area contributed by atoms with Gasteiger partial charge in [-0.1, -0.05) is 11.2 Å². The SMILES string of the molecule is Cc1conc1C(=O)N(C)C(CNC(=O)C(C)c1ccc(F)cc1F)C1CC1. The topological polar surface area (TPSA) is 75.4 Å². The van der Waals surface area contributed by atoms with Gasteiger partial charge < -0.3 is 14.7 Å². The molecule has 2 amide bonds. The molecular weight excluding hydrogens is 368 g/mol. The van der Waals surface area contributed by atoms with E-state index in [0.29, 0.717) is 11.5 Å². The van der Waals surface area contributed by atoms with Gasteiger partial charge in [0, 0.05) is 30.8 Å². The predicted octanol–water partition coefficient (Wildman–Crippen LogP) is 3.03. The summed E-state index contributed by atoms with van der Waals surface area (Å²) in [6.07, 6.45) is 3.35. The number of carbonyl (C=O) groups is 2. The minimum Gasteiger partial charge on any atom is -0.364 e. The molecule has 0 radical (unpaired) electrons. The predicted molar refractivity (Wildman–Crippen MR) is 97.6 cm³/mol. The summed E-state index contributed by atoms with van der Waals surface area (Å²) in [4.78, 5) is 26.8. The number of carbonyl (C=O) groups excluding carboxylic acids is 2. The molecule has 1 fully saturated rings. The van der Waals surface area contributed by atoms with Gasteiger partial charge in [-0.3, -0.25) is 9.59 Å². The minimum absolute atomic E-state index is 0.129. The van der Waals surface area contributed by atoms with E-state index in [1.807, 2.05) is 0 Å². The summed E-state index contributed by atoms with van der Waals surface area (Å²) < 4.78 is 31.9. The first-order valence-electron chi connectivity index (χ1n) is 9.20. The number of hydrogen-bond donors (Lipinski definition) is 1. The molecule has 2 unspecified atom stereocenters. The summed E-state index contributed by atoms with van der Waals surface area (Å²) >= 11 is 0. The second-order valence-corrected chi connectivity index (χ2v) is 7.30. The van der Waals surface area contributed by atoms with Crippen LogP contribution in [-0.2, 0) is 4.79 Å². The van der Waals surface area contributed by atoms with Gasteiger partial charge >= 0.3 is 0 Å². The molecule has 6 nitrogen and oxygen atoms in total. The van der Waals surface area contributed by atoms with Crippen LogP contribution in [0.5, 0.6) is 0 Å². The summed E-state index contributed by atoms with van der Waals surface area (Å²) in [5.41, 5.74) is 1.03. The van der Waals surface area contributed by atoms with E-state index >= 15 is 0 Å². The lowest BCUT2D eigenvalue weighted by Gasteiger charge is -2.28. The van der Waals surface area contributed by atoms with E-state index in [2.05, 4.69) is 10.5 Å². The van der Waals surface area contributed by atoms with Crippen molar-refractivity contribution in [2.45, 2.75) is 38.6 Å². The van der Waals surface area contributed by atoms with Crippen molar-refractivity contribution < 1.29 is 22.9 Å². The maximum absolute atomic E-state index is 13.9. The molecule has 0 saturated heterocycles. The first-order chi connectivity index (χ1) is 13.3. The number of benzene rings is 1. The third kappa shape index (κ3) is 4.21. The number of rotatable bonds is 7. The molecule has 3 rings (SSSR count). The van der Waals surface area contributed by atoms with Crippen LogP contribution in [0.15, 0.2) is 29.0 Å². The third-order valence-electron chi connectivity index (χ3n) is 5.24. The first kappa shape index (κ1) is 20.0. The van der Waals surface area contributed by atoms with E-state index < -0.39 is 17.6 Å². The molecule has 150 valence electrons. The van der Waals surface area contributed by atoms with Crippen LogP contribution in [0.25, 0.3) is 0 Å². The molecule has 1 saturated carbocycles. The Morgan fingerprint density at radius 1 is 1.36 bits per heavy atom. The lowest BCUT2D eigenvalue weighted by atomic mass is 9.99. The van der Waals surface area contributed by atoms with Crippen LogP contribution in [0.3, 0.4) is 0 Å². The van der Waals surface area contributed by atoms with Gasteiger partial charge in [0.25, 0.3) is 5.91 Å². The number of aromatic nitrogens is 1. The van der Waals surface area contributed by atoms with Gasteiger partial charge in [0.15, 0.2) is 5.69 Å². The van der Waals surface area contributed by atoms with Gasteiger partial charge in [-0.05, 0) is 38.7 Å². The van der Waals surface area contributed by atoms with Crippen molar-refractivity contribution in [3.8, 4) is 0 Å². The van der Waals surface area contributed by atoms with Gasteiger partial charge in [-0.15, -0.1) is 0 Å². The molecule has 1 aliphatic rings. The van der Waals surface area contributed by atoms with Crippen LogP contribution < -0.4 is 5.32 Å². The van der Waals surface area contributed by atoms with Crippen LogP contribution in [0.2, 0.25) is 0 Å². The van der Waals surface area contributed by atoms with Gasteiger partial charge in [-0.25, -0.2) is 8.78 Å². The van der Waals surface area contributed by atoms with E-state index in [0.717, 1.165) is 25.0 Å². The quantitative estimate of drug-likeness (QED) is 0.787. The van der Waals surface area contributed by atoms with Gasteiger partial charge in [0.05, 0.1) is 12.0 Å². The highest BCUT2D eigenvalue weighted by Gasteiger charge is 2.37. The van der Waals surface area contributed by atoms with E-state index in [-0.39, 0.29) is 35.7 Å². The van der Waals surface area contributed by atoms with Crippen molar-refractivity contribution in [3.63, 3.8) is 0 Å². The minimum atomic E-state index is -0.778. The Kier molecular flexibility index (Phi) is 5.76. The maximum atomic E-state index is 13.9.